The second-order valence-corrected chi connectivity index (χ2v) is 5.66. The van der Waals surface area contributed by atoms with Gasteiger partial charge in [0.05, 0.1) is 24.7 Å². The molecule has 2 nitrogen and oxygen atoms in total. The Morgan fingerprint density at radius 2 is 1.71 bits per heavy atom. The maximum absolute atomic E-state index is 9.78. The average Bonchev–Trinajstić information content (AvgIpc) is 2.59. The molecule has 2 aliphatic heterocycles. The van der Waals surface area contributed by atoms with E-state index in [0.717, 1.165) is 24.9 Å². The fourth-order valence-corrected chi connectivity index (χ4v) is 3.74. The van der Waals surface area contributed by atoms with E-state index in [1.54, 1.807) is 4.90 Å². The molecule has 17 heavy (non-hydrogen) atoms. The second-order valence-electron chi connectivity index (χ2n) is 5.66. The Morgan fingerprint density at radius 1 is 1.06 bits per heavy atom. The molecular formula is C15H22NO+. The van der Waals surface area contributed by atoms with Crippen molar-refractivity contribution in [3.8, 4) is 0 Å². The van der Waals surface area contributed by atoms with Gasteiger partial charge in [0, 0.05) is 32.1 Å². The van der Waals surface area contributed by atoms with Crippen LogP contribution >= 0.6 is 0 Å². The van der Waals surface area contributed by atoms with Crippen molar-refractivity contribution in [2.24, 2.45) is 0 Å². The van der Waals surface area contributed by atoms with Gasteiger partial charge in [-0.15, -0.1) is 0 Å². The third-order valence-electron chi connectivity index (χ3n) is 4.57. The summed E-state index contributed by atoms with van der Waals surface area (Å²) in [6.07, 6.45) is 5.87. The molecule has 2 atom stereocenters. The zero-order valence-corrected chi connectivity index (χ0v) is 10.3. The van der Waals surface area contributed by atoms with Gasteiger partial charge in [0.2, 0.25) is 0 Å². The lowest BCUT2D eigenvalue weighted by atomic mass is 9.99. The minimum Gasteiger partial charge on any atom is -0.393 e. The van der Waals surface area contributed by atoms with Crippen molar-refractivity contribution in [2.75, 3.05) is 6.54 Å². The number of rotatable bonds is 3. The number of nitrogens with one attached hydrogen (secondary N) is 1. The van der Waals surface area contributed by atoms with Crippen molar-refractivity contribution in [1.82, 2.24) is 0 Å². The van der Waals surface area contributed by atoms with Crippen LogP contribution in [0.25, 0.3) is 0 Å². The van der Waals surface area contributed by atoms with Crippen molar-refractivity contribution in [1.29, 1.82) is 0 Å². The van der Waals surface area contributed by atoms with E-state index in [1.807, 2.05) is 0 Å². The minimum absolute atomic E-state index is 0.0204. The fraction of sp³-hybridized carbons (Fsp3) is 0.600. The van der Waals surface area contributed by atoms with Gasteiger partial charge in [0.1, 0.15) is 0 Å². The molecule has 0 radical (unpaired) electrons. The van der Waals surface area contributed by atoms with Gasteiger partial charge in [-0.1, -0.05) is 30.3 Å². The first-order valence-electron chi connectivity index (χ1n) is 6.90. The van der Waals surface area contributed by atoms with E-state index in [-0.39, 0.29) is 6.10 Å². The topological polar surface area (TPSA) is 24.7 Å². The minimum atomic E-state index is -0.0204. The van der Waals surface area contributed by atoms with Crippen molar-refractivity contribution in [3.05, 3.63) is 35.9 Å². The highest BCUT2D eigenvalue weighted by Crippen LogP contribution is 2.22. The first-order valence-corrected chi connectivity index (χ1v) is 6.90. The maximum Gasteiger partial charge on any atom is 0.0904 e. The van der Waals surface area contributed by atoms with Gasteiger partial charge in [-0.25, -0.2) is 0 Å². The van der Waals surface area contributed by atoms with E-state index >= 15 is 0 Å². The molecule has 0 spiro atoms. The number of aliphatic hydroxyl groups is 1. The molecule has 3 rings (SSSR count). The Kier molecular flexibility index (Phi) is 3.17. The van der Waals surface area contributed by atoms with Gasteiger partial charge in [-0.3, -0.25) is 0 Å². The summed E-state index contributed by atoms with van der Waals surface area (Å²) in [5.41, 5.74) is 1.45. The summed E-state index contributed by atoms with van der Waals surface area (Å²) in [4.78, 5) is 1.76. The first kappa shape index (κ1) is 11.2. The van der Waals surface area contributed by atoms with Crippen LogP contribution in [0.2, 0.25) is 0 Å². The van der Waals surface area contributed by atoms with Crippen molar-refractivity contribution >= 4 is 0 Å². The standard InChI is InChI=1S/C15H21NO/c17-15-10-13-6-7-14(11-15)16(13)9-8-12-4-2-1-3-5-12/h1-5,13-15,17H,6-11H2/p+1. The van der Waals surface area contributed by atoms with Crippen molar-refractivity contribution < 1.29 is 10.0 Å². The van der Waals surface area contributed by atoms with Gasteiger partial charge in [0.15, 0.2) is 0 Å². The predicted octanol–water partition coefficient (Wildman–Crippen LogP) is 0.800. The van der Waals surface area contributed by atoms with Crippen LogP contribution in [-0.4, -0.2) is 29.8 Å². The van der Waals surface area contributed by atoms with Crippen LogP contribution in [0.15, 0.2) is 30.3 Å². The molecule has 0 aromatic heterocycles. The lowest BCUT2D eigenvalue weighted by Gasteiger charge is -2.34. The maximum atomic E-state index is 9.78. The molecule has 0 amide bonds. The third kappa shape index (κ3) is 2.38. The van der Waals surface area contributed by atoms with Crippen molar-refractivity contribution in [3.63, 3.8) is 0 Å². The largest absolute Gasteiger partial charge is 0.393 e. The highest BCUT2D eigenvalue weighted by Gasteiger charge is 2.43. The zero-order valence-electron chi connectivity index (χ0n) is 10.3. The number of hydrogen-bond acceptors (Lipinski definition) is 1. The summed E-state index contributed by atoms with van der Waals surface area (Å²) in [6.45, 7) is 1.24. The number of piperidine rings is 1. The molecular weight excluding hydrogens is 210 g/mol. The number of benzene rings is 1. The molecule has 2 heteroatoms. The molecule has 2 aliphatic rings. The fourth-order valence-electron chi connectivity index (χ4n) is 3.74. The van der Waals surface area contributed by atoms with Crippen LogP contribution < -0.4 is 4.90 Å². The zero-order chi connectivity index (χ0) is 11.7. The van der Waals surface area contributed by atoms with Gasteiger partial charge in [-0.05, 0) is 5.56 Å². The molecule has 2 fully saturated rings. The number of fused-ring (bicyclic) bond motifs is 2. The molecule has 0 saturated carbocycles. The van der Waals surface area contributed by atoms with Crippen LogP contribution in [0.5, 0.6) is 0 Å². The van der Waals surface area contributed by atoms with Crippen LogP contribution in [0, 0.1) is 0 Å². The Labute approximate surface area is 103 Å². The average molecular weight is 232 g/mol. The lowest BCUT2D eigenvalue weighted by molar-refractivity contribution is -0.942. The molecule has 2 heterocycles. The summed E-state index contributed by atoms with van der Waals surface area (Å²) >= 11 is 0. The van der Waals surface area contributed by atoms with E-state index < -0.39 is 0 Å². The molecule has 1 aromatic rings. The molecule has 2 bridgehead atoms. The summed E-state index contributed by atoms with van der Waals surface area (Å²) < 4.78 is 0. The Bertz CT molecular complexity index is 350. The van der Waals surface area contributed by atoms with Crippen LogP contribution in [-0.2, 0) is 6.42 Å². The quantitative estimate of drug-likeness (QED) is 0.791. The number of hydrogen-bond donors (Lipinski definition) is 2. The normalized spacial score (nSPS) is 36.1. The monoisotopic (exact) mass is 232 g/mol. The van der Waals surface area contributed by atoms with Crippen molar-refractivity contribution in [2.45, 2.75) is 50.3 Å². The van der Waals surface area contributed by atoms with Gasteiger partial charge in [0.25, 0.3) is 0 Å². The van der Waals surface area contributed by atoms with E-state index in [4.69, 9.17) is 0 Å². The molecule has 2 unspecified atom stereocenters. The van der Waals surface area contributed by atoms with Gasteiger partial charge in [-0.2, -0.15) is 0 Å². The Balaban J connectivity index is 1.60. The highest BCUT2D eigenvalue weighted by atomic mass is 16.3. The predicted molar refractivity (Wildman–Crippen MR) is 68.0 cm³/mol. The summed E-state index contributed by atoms with van der Waals surface area (Å²) in [5, 5.41) is 9.78. The van der Waals surface area contributed by atoms with E-state index in [2.05, 4.69) is 30.3 Å². The lowest BCUT2D eigenvalue weighted by Crippen LogP contribution is -3.18. The van der Waals surface area contributed by atoms with E-state index in [0.29, 0.717) is 0 Å². The van der Waals surface area contributed by atoms with Gasteiger partial charge < -0.3 is 10.0 Å². The highest BCUT2D eigenvalue weighted by molar-refractivity contribution is 5.14. The van der Waals surface area contributed by atoms with Crippen LogP contribution in [0.1, 0.15) is 31.2 Å². The first-order chi connectivity index (χ1) is 8.33. The SMILES string of the molecule is OC1CC2CCC(C1)[NH+]2CCc1ccccc1. The van der Waals surface area contributed by atoms with E-state index in [1.165, 1.54) is 31.4 Å². The number of aliphatic hydroxyl groups excluding tert-OH is 1. The summed E-state index contributed by atoms with van der Waals surface area (Å²) in [6, 6.07) is 12.2. The Hall–Kier alpha value is -0.860. The van der Waals surface area contributed by atoms with E-state index in [9.17, 15) is 5.11 Å². The molecule has 0 aliphatic carbocycles. The Morgan fingerprint density at radius 3 is 2.35 bits per heavy atom. The smallest absolute Gasteiger partial charge is 0.0904 e. The molecule has 2 N–H and O–H groups in total. The molecule has 2 saturated heterocycles. The summed E-state index contributed by atoms with van der Waals surface area (Å²) in [7, 11) is 0. The molecule has 1 aromatic carbocycles. The van der Waals surface area contributed by atoms with Gasteiger partial charge >= 0.3 is 0 Å². The third-order valence-corrected chi connectivity index (χ3v) is 4.57. The number of quaternary nitrogens is 1. The molecule has 92 valence electrons. The van der Waals surface area contributed by atoms with Crippen LogP contribution in [0.4, 0.5) is 0 Å². The summed E-state index contributed by atoms with van der Waals surface area (Å²) in [5.74, 6) is 0. The van der Waals surface area contributed by atoms with Crippen LogP contribution in [0.3, 0.4) is 0 Å². The second kappa shape index (κ2) is 4.79.